The molecule has 2 aromatic rings. The topological polar surface area (TPSA) is 76.7 Å². The summed E-state index contributed by atoms with van der Waals surface area (Å²) in [6.07, 6.45) is 5.15. The normalized spacial score (nSPS) is 13.3. The summed E-state index contributed by atoms with van der Waals surface area (Å²) < 4.78 is 11.2. The van der Waals surface area contributed by atoms with Crippen molar-refractivity contribution in [3.8, 4) is 11.5 Å². The molecule has 3 rings (SSSR count). The molecule has 1 saturated carbocycles. The molecule has 1 aliphatic rings. The standard InChI is InChI=1S/C25H30N2O4/c1-17(2)16-31-22-11-7-18(14-23(22)30-3)8-12-24(28)26-15-19-5-4-6-21(13-19)27-25(29)20-9-10-20/h4-8,11-14,17,20H,9-10,15-16H2,1-3H3,(H,26,28)(H,27,29)/b12-8+. The van der Waals surface area contributed by atoms with E-state index >= 15 is 0 Å². The van der Waals surface area contributed by atoms with Crippen LogP contribution in [0.2, 0.25) is 0 Å². The lowest BCUT2D eigenvalue weighted by atomic mass is 10.1. The minimum Gasteiger partial charge on any atom is -0.493 e. The van der Waals surface area contributed by atoms with E-state index < -0.39 is 0 Å². The number of nitrogens with one attached hydrogen (secondary N) is 2. The Morgan fingerprint density at radius 3 is 2.65 bits per heavy atom. The maximum absolute atomic E-state index is 12.2. The van der Waals surface area contributed by atoms with Gasteiger partial charge >= 0.3 is 0 Å². The van der Waals surface area contributed by atoms with Crippen LogP contribution in [0.4, 0.5) is 5.69 Å². The van der Waals surface area contributed by atoms with E-state index in [-0.39, 0.29) is 17.7 Å². The highest BCUT2D eigenvalue weighted by Gasteiger charge is 2.29. The zero-order chi connectivity index (χ0) is 22.2. The Kier molecular flexibility index (Phi) is 7.70. The number of carbonyl (C=O) groups is 2. The van der Waals surface area contributed by atoms with Gasteiger partial charge in [-0.2, -0.15) is 0 Å². The maximum atomic E-state index is 12.2. The molecular weight excluding hydrogens is 392 g/mol. The average Bonchev–Trinajstić information content (AvgIpc) is 3.61. The lowest BCUT2D eigenvalue weighted by Gasteiger charge is -2.12. The molecule has 0 aromatic heterocycles. The van der Waals surface area contributed by atoms with E-state index in [2.05, 4.69) is 24.5 Å². The monoisotopic (exact) mass is 422 g/mol. The van der Waals surface area contributed by atoms with Gasteiger partial charge in [-0.3, -0.25) is 9.59 Å². The first-order chi connectivity index (χ1) is 14.9. The summed E-state index contributed by atoms with van der Waals surface area (Å²) >= 11 is 0. The Bertz CT molecular complexity index is 948. The zero-order valence-corrected chi connectivity index (χ0v) is 18.3. The van der Waals surface area contributed by atoms with Gasteiger partial charge in [0.1, 0.15) is 0 Å². The van der Waals surface area contributed by atoms with E-state index in [1.165, 1.54) is 6.08 Å². The Labute approximate surface area is 183 Å². The molecule has 0 aliphatic heterocycles. The number of hydrogen-bond acceptors (Lipinski definition) is 4. The number of ether oxygens (including phenoxy) is 2. The number of anilines is 1. The SMILES string of the molecule is COc1cc(/C=C/C(=O)NCc2cccc(NC(=O)C3CC3)c2)ccc1OCC(C)C. The molecule has 0 radical (unpaired) electrons. The molecule has 1 fully saturated rings. The first-order valence-electron chi connectivity index (χ1n) is 10.6. The van der Waals surface area contributed by atoms with Crippen LogP contribution in [0.25, 0.3) is 6.08 Å². The van der Waals surface area contributed by atoms with Crippen LogP contribution in [0.5, 0.6) is 11.5 Å². The lowest BCUT2D eigenvalue weighted by Crippen LogP contribution is -2.20. The first kappa shape index (κ1) is 22.4. The summed E-state index contributed by atoms with van der Waals surface area (Å²) in [6.45, 7) is 5.16. The summed E-state index contributed by atoms with van der Waals surface area (Å²) in [5.41, 5.74) is 2.52. The van der Waals surface area contributed by atoms with Gasteiger partial charge < -0.3 is 20.1 Å². The summed E-state index contributed by atoms with van der Waals surface area (Å²) in [6, 6.07) is 13.1. The molecule has 2 N–H and O–H groups in total. The van der Waals surface area contributed by atoms with Crippen molar-refractivity contribution in [2.45, 2.75) is 33.2 Å². The van der Waals surface area contributed by atoms with Gasteiger partial charge in [-0.15, -0.1) is 0 Å². The van der Waals surface area contributed by atoms with E-state index in [9.17, 15) is 9.59 Å². The Morgan fingerprint density at radius 2 is 1.94 bits per heavy atom. The van der Waals surface area contributed by atoms with Crippen molar-refractivity contribution in [2.75, 3.05) is 19.0 Å². The quantitative estimate of drug-likeness (QED) is 0.556. The third-order valence-corrected chi connectivity index (χ3v) is 4.80. The third-order valence-electron chi connectivity index (χ3n) is 4.80. The molecule has 0 heterocycles. The summed E-state index contributed by atoms with van der Waals surface area (Å²) in [5.74, 6) is 1.76. The highest BCUT2D eigenvalue weighted by atomic mass is 16.5. The van der Waals surface area contributed by atoms with E-state index in [0.29, 0.717) is 30.6 Å². The van der Waals surface area contributed by atoms with Crippen LogP contribution in [0.1, 0.15) is 37.8 Å². The van der Waals surface area contributed by atoms with Gasteiger partial charge in [0, 0.05) is 24.2 Å². The van der Waals surface area contributed by atoms with Gasteiger partial charge in [-0.25, -0.2) is 0 Å². The number of methoxy groups -OCH3 is 1. The smallest absolute Gasteiger partial charge is 0.244 e. The molecule has 0 atom stereocenters. The average molecular weight is 423 g/mol. The van der Waals surface area contributed by atoms with Crippen LogP contribution in [0.15, 0.2) is 48.5 Å². The van der Waals surface area contributed by atoms with Gasteiger partial charge in [0.15, 0.2) is 11.5 Å². The zero-order valence-electron chi connectivity index (χ0n) is 18.3. The van der Waals surface area contributed by atoms with Gasteiger partial charge in [0.25, 0.3) is 0 Å². The molecule has 164 valence electrons. The van der Waals surface area contributed by atoms with Gasteiger partial charge in [-0.1, -0.05) is 32.0 Å². The fourth-order valence-corrected chi connectivity index (χ4v) is 2.93. The van der Waals surface area contributed by atoms with Gasteiger partial charge in [0.05, 0.1) is 13.7 Å². The van der Waals surface area contributed by atoms with Crippen LogP contribution in [0.3, 0.4) is 0 Å². The summed E-state index contributed by atoms with van der Waals surface area (Å²) in [5, 5.41) is 5.78. The van der Waals surface area contributed by atoms with E-state index in [1.807, 2.05) is 42.5 Å². The fourth-order valence-electron chi connectivity index (χ4n) is 2.93. The molecule has 2 aromatic carbocycles. The Balaban J connectivity index is 1.52. The van der Waals surface area contributed by atoms with E-state index in [1.54, 1.807) is 13.2 Å². The highest BCUT2D eigenvalue weighted by Crippen LogP contribution is 2.30. The van der Waals surface area contributed by atoms with Crippen molar-refractivity contribution in [1.82, 2.24) is 5.32 Å². The van der Waals surface area contributed by atoms with Crippen molar-refractivity contribution < 1.29 is 19.1 Å². The predicted molar refractivity (Wildman–Crippen MR) is 122 cm³/mol. The molecule has 1 aliphatic carbocycles. The van der Waals surface area contributed by atoms with Crippen LogP contribution in [-0.4, -0.2) is 25.5 Å². The number of carbonyl (C=O) groups excluding carboxylic acids is 2. The second kappa shape index (κ2) is 10.7. The Hall–Kier alpha value is -3.28. The first-order valence-corrected chi connectivity index (χ1v) is 10.6. The Morgan fingerprint density at radius 1 is 1.13 bits per heavy atom. The molecule has 0 saturated heterocycles. The number of benzene rings is 2. The van der Waals surface area contributed by atoms with Gasteiger partial charge in [0.2, 0.25) is 11.8 Å². The molecule has 0 bridgehead atoms. The number of rotatable bonds is 10. The minimum atomic E-state index is -0.202. The van der Waals surface area contributed by atoms with Crippen LogP contribution < -0.4 is 20.1 Å². The predicted octanol–water partition coefficient (Wildman–Crippen LogP) is 4.41. The van der Waals surface area contributed by atoms with E-state index in [4.69, 9.17) is 9.47 Å². The molecule has 6 heteroatoms. The highest BCUT2D eigenvalue weighted by molar-refractivity contribution is 5.94. The molecule has 0 spiro atoms. The minimum absolute atomic E-state index is 0.0696. The maximum Gasteiger partial charge on any atom is 0.244 e. The van der Waals surface area contributed by atoms with E-state index in [0.717, 1.165) is 29.7 Å². The lowest BCUT2D eigenvalue weighted by molar-refractivity contribution is -0.117. The summed E-state index contributed by atoms with van der Waals surface area (Å²) in [7, 11) is 1.60. The molecule has 31 heavy (non-hydrogen) atoms. The molecule has 0 unspecified atom stereocenters. The second-order valence-electron chi connectivity index (χ2n) is 8.13. The molecule has 2 amide bonds. The number of hydrogen-bond donors (Lipinski definition) is 2. The third kappa shape index (κ3) is 7.17. The van der Waals surface area contributed by atoms with Crippen LogP contribution >= 0.6 is 0 Å². The number of amides is 2. The van der Waals surface area contributed by atoms with Crippen molar-refractivity contribution in [3.05, 3.63) is 59.7 Å². The van der Waals surface area contributed by atoms with Crippen molar-refractivity contribution >= 4 is 23.6 Å². The van der Waals surface area contributed by atoms with Crippen LogP contribution in [0, 0.1) is 11.8 Å². The largest absolute Gasteiger partial charge is 0.493 e. The van der Waals surface area contributed by atoms with Gasteiger partial charge in [-0.05, 0) is 60.2 Å². The van der Waals surface area contributed by atoms with Crippen molar-refractivity contribution in [3.63, 3.8) is 0 Å². The second-order valence-corrected chi connectivity index (χ2v) is 8.13. The van der Waals surface area contributed by atoms with Crippen LogP contribution in [-0.2, 0) is 16.1 Å². The molecular formula is C25H30N2O4. The van der Waals surface area contributed by atoms with Crippen molar-refractivity contribution in [2.24, 2.45) is 11.8 Å². The summed E-state index contributed by atoms with van der Waals surface area (Å²) in [4.78, 5) is 24.1. The molecule has 6 nitrogen and oxygen atoms in total. The van der Waals surface area contributed by atoms with Crippen molar-refractivity contribution in [1.29, 1.82) is 0 Å². The fraction of sp³-hybridized carbons (Fsp3) is 0.360.